The molecule has 0 bridgehead atoms. The quantitative estimate of drug-likeness (QED) is 0.867. The zero-order chi connectivity index (χ0) is 15.2. The number of alkyl carbamates (subject to hydrolysis) is 1. The molecule has 2 aliphatic rings. The Balaban J connectivity index is 1.32. The molecule has 0 unspecified atom stereocenters. The van der Waals surface area contributed by atoms with Crippen molar-refractivity contribution in [3.63, 3.8) is 0 Å². The molecular formula is C17H25N3O2. The molecule has 2 N–H and O–H groups in total. The number of carbonyl (C=O) groups is 1. The lowest BCUT2D eigenvalue weighted by atomic mass is 9.99. The number of rotatable bonds is 5. The predicted octanol–water partition coefficient (Wildman–Crippen LogP) is 1.60. The Labute approximate surface area is 132 Å². The fraction of sp³-hybridized carbons (Fsp3) is 0.588. The highest BCUT2D eigenvalue weighted by atomic mass is 16.5. The minimum absolute atomic E-state index is 0.249. The number of hydrogen-bond donors (Lipinski definition) is 2. The molecule has 2 fully saturated rings. The van der Waals surface area contributed by atoms with Crippen molar-refractivity contribution < 1.29 is 9.53 Å². The van der Waals surface area contributed by atoms with Crippen LogP contribution in [0.4, 0.5) is 4.79 Å². The molecular weight excluding hydrogens is 278 g/mol. The van der Waals surface area contributed by atoms with Crippen LogP contribution in [0, 0.1) is 5.92 Å². The maximum Gasteiger partial charge on any atom is 0.407 e. The van der Waals surface area contributed by atoms with Crippen molar-refractivity contribution in [2.45, 2.75) is 25.5 Å². The van der Waals surface area contributed by atoms with Crippen LogP contribution in [0.25, 0.3) is 0 Å². The largest absolute Gasteiger partial charge is 0.445 e. The molecule has 5 heteroatoms. The lowest BCUT2D eigenvalue weighted by Crippen LogP contribution is -2.51. The Morgan fingerprint density at radius 2 is 1.95 bits per heavy atom. The lowest BCUT2D eigenvalue weighted by Gasteiger charge is -2.37. The molecule has 1 amide bonds. The highest BCUT2D eigenvalue weighted by Gasteiger charge is 2.25. The third-order valence-electron chi connectivity index (χ3n) is 4.50. The van der Waals surface area contributed by atoms with Gasteiger partial charge >= 0.3 is 6.09 Å². The van der Waals surface area contributed by atoms with Crippen molar-refractivity contribution in [3.05, 3.63) is 35.9 Å². The van der Waals surface area contributed by atoms with Crippen LogP contribution in [-0.4, -0.2) is 49.8 Å². The highest BCUT2D eigenvalue weighted by Crippen LogP contribution is 2.14. The van der Waals surface area contributed by atoms with Gasteiger partial charge in [-0.15, -0.1) is 0 Å². The smallest absolute Gasteiger partial charge is 0.407 e. The van der Waals surface area contributed by atoms with E-state index in [-0.39, 0.29) is 12.1 Å². The van der Waals surface area contributed by atoms with Crippen LogP contribution in [0.2, 0.25) is 0 Å². The number of amides is 1. The van der Waals surface area contributed by atoms with Gasteiger partial charge < -0.3 is 20.3 Å². The average Bonchev–Trinajstić information content (AvgIpc) is 2.51. The summed E-state index contributed by atoms with van der Waals surface area (Å²) in [6.07, 6.45) is 1.73. The van der Waals surface area contributed by atoms with E-state index >= 15 is 0 Å². The van der Waals surface area contributed by atoms with E-state index in [0.717, 1.165) is 50.5 Å². The molecule has 1 aromatic carbocycles. The van der Waals surface area contributed by atoms with Crippen LogP contribution >= 0.6 is 0 Å². The van der Waals surface area contributed by atoms with Gasteiger partial charge in [-0.1, -0.05) is 30.3 Å². The molecule has 0 spiro atoms. The van der Waals surface area contributed by atoms with Crippen LogP contribution in [0.1, 0.15) is 18.4 Å². The fourth-order valence-corrected chi connectivity index (χ4v) is 3.03. The molecule has 120 valence electrons. The second-order valence-electron chi connectivity index (χ2n) is 6.31. The summed E-state index contributed by atoms with van der Waals surface area (Å²) in [6.45, 7) is 5.98. The van der Waals surface area contributed by atoms with Crippen LogP contribution in [0.3, 0.4) is 0 Å². The van der Waals surface area contributed by atoms with Crippen molar-refractivity contribution >= 4 is 6.09 Å². The average molecular weight is 303 g/mol. The van der Waals surface area contributed by atoms with E-state index in [1.807, 2.05) is 30.3 Å². The summed E-state index contributed by atoms with van der Waals surface area (Å²) in [5.74, 6) is 0.820. The van der Waals surface area contributed by atoms with Gasteiger partial charge in [0.25, 0.3) is 0 Å². The topological polar surface area (TPSA) is 53.6 Å². The Bertz CT molecular complexity index is 468. The maximum absolute atomic E-state index is 11.8. The monoisotopic (exact) mass is 303 g/mol. The van der Waals surface area contributed by atoms with Crippen molar-refractivity contribution in [1.82, 2.24) is 15.5 Å². The van der Waals surface area contributed by atoms with Gasteiger partial charge in [0.05, 0.1) is 0 Å². The number of benzene rings is 1. The van der Waals surface area contributed by atoms with Gasteiger partial charge in [0, 0.05) is 38.8 Å². The first kappa shape index (κ1) is 15.3. The summed E-state index contributed by atoms with van der Waals surface area (Å²) in [6, 6.07) is 10.0. The number of carbonyl (C=O) groups excluding carboxylic acids is 1. The first-order valence-electron chi connectivity index (χ1n) is 8.20. The van der Waals surface area contributed by atoms with Crippen molar-refractivity contribution in [1.29, 1.82) is 0 Å². The molecule has 0 saturated carbocycles. The van der Waals surface area contributed by atoms with E-state index in [2.05, 4.69) is 15.5 Å². The Morgan fingerprint density at radius 1 is 1.23 bits per heavy atom. The number of nitrogens with one attached hydrogen (secondary N) is 2. The summed E-state index contributed by atoms with van der Waals surface area (Å²) < 4.78 is 5.28. The summed E-state index contributed by atoms with van der Waals surface area (Å²) in [5, 5.41) is 6.30. The molecule has 22 heavy (non-hydrogen) atoms. The number of hydrogen-bond acceptors (Lipinski definition) is 4. The normalized spacial score (nSPS) is 20.4. The minimum Gasteiger partial charge on any atom is -0.445 e. The second-order valence-corrected chi connectivity index (χ2v) is 6.31. The molecule has 2 aliphatic heterocycles. The summed E-state index contributed by atoms with van der Waals surface area (Å²) in [4.78, 5) is 14.4. The second kappa shape index (κ2) is 7.61. The molecule has 1 aromatic rings. The standard InChI is InChI=1S/C17H25N3O2/c21-17(22-13-14-4-2-1-3-5-14)19-16-6-8-20(9-7-16)12-15-10-18-11-15/h1-5,15-16,18H,6-13H2,(H,19,21). The molecule has 2 heterocycles. The number of likely N-dealkylation sites (tertiary alicyclic amines) is 1. The first-order chi connectivity index (χ1) is 10.8. The maximum atomic E-state index is 11.8. The number of nitrogens with zero attached hydrogens (tertiary/aromatic N) is 1. The minimum atomic E-state index is -0.300. The van der Waals surface area contributed by atoms with Gasteiger partial charge in [-0.2, -0.15) is 0 Å². The zero-order valence-corrected chi connectivity index (χ0v) is 13.0. The van der Waals surface area contributed by atoms with Crippen LogP contribution in [0.5, 0.6) is 0 Å². The van der Waals surface area contributed by atoms with Crippen molar-refractivity contribution in [2.75, 3.05) is 32.7 Å². The van der Waals surface area contributed by atoms with Gasteiger partial charge in [0.2, 0.25) is 0 Å². The van der Waals surface area contributed by atoms with Crippen LogP contribution < -0.4 is 10.6 Å². The molecule has 2 saturated heterocycles. The molecule has 0 aliphatic carbocycles. The van der Waals surface area contributed by atoms with E-state index < -0.39 is 0 Å². The van der Waals surface area contributed by atoms with E-state index in [9.17, 15) is 4.79 Å². The molecule has 0 atom stereocenters. The van der Waals surface area contributed by atoms with Gasteiger partial charge in [0.15, 0.2) is 0 Å². The van der Waals surface area contributed by atoms with Gasteiger partial charge in [-0.3, -0.25) is 0 Å². The Kier molecular flexibility index (Phi) is 5.29. The van der Waals surface area contributed by atoms with Gasteiger partial charge in [-0.25, -0.2) is 4.79 Å². The Morgan fingerprint density at radius 3 is 2.59 bits per heavy atom. The van der Waals surface area contributed by atoms with Crippen molar-refractivity contribution in [2.24, 2.45) is 5.92 Å². The lowest BCUT2D eigenvalue weighted by molar-refractivity contribution is 0.120. The van der Waals surface area contributed by atoms with E-state index in [4.69, 9.17) is 4.74 Å². The SMILES string of the molecule is O=C(NC1CCN(CC2CNC2)CC1)OCc1ccccc1. The number of piperidine rings is 1. The van der Waals surface area contributed by atoms with E-state index in [0.29, 0.717) is 6.61 Å². The third kappa shape index (κ3) is 4.45. The van der Waals surface area contributed by atoms with Crippen molar-refractivity contribution in [3.8, 4) is 0 Å². The fourth-order valence-electron chi connectivity index (χ4n) is 3.03. The van der Waals surface area contributed by atoms with E-state index in [1.54, 1.807) is 0 Å². The third-order valence-corrected chi connectivity index (χ3v) is 4.50. The summed E-state index contributed by atoms with van der Waals surface area (Å²) in [5.41, 5.74) is 1.02. The predicted molar refractivity (Wildman–Crippen MR) is 85.6 cm³/mol. The highest BCUT2D eigenvalue weighted by molar-refractivity contribution is 5.67. The molecule has 3 rings (SSSR count). The molecule has 0 radical (unpaired) electrons. The molecule has 0 aromatic heterocycles. The first-order valence-corrected chi connectivity index (χ1v) is 8.20. The van der Waals surface area contributed by atoms with Crippen LogP contribution in [0.15, 0.2) is 30.3 Å². The summed E-state index contributed by atoms with van der Waals surface area (Å²) in [7, 11) is 0. The zero-order valence-electron chi connectivity index (χ0n) is 13.0. The van der Waals surface area contributed by atoms with E-state index in [1.165, 1.54) is 6.54 Å². The number of ether oxygens (including phenoxy) is 1. The molecule has 5 nitrogen and oxygen atoms in total. The van der Waals surface area contributed by atoms with Gasteiger partial charge in [0.1, 0.15) is 6.61 Å². The Hall–Kier alpha value is -1.59. The van der Waals surface area contributed by atoms with Crippen LogP contribution in [-0.2, 0) is 11.3 Å². The van der Waals surface area contributed by atoms with Gasteiger partial charge in [-0.05, 0) is 24.3 Å². The summed E-state index contributed by atoms with van der Waals surface area (Å²) >= 11 is 0.